The average Bonchev–Trinajstić information content (AvgIpc) is 2.34. The first-order valence-electron chi connectivity index (χ1n) is 7.92. The van der Waals surface area contributed by atoms with E-state index in [2.05, 4.69) is 4.39 Å². The Labute approximate surface area is 149 Å². The van der Waals surface area contributed by atoms with E-state index in [1.54, 1.807) is 12.1 Å². The van der Waals surface area contributed by atoms with Crippen LogP contribution in [0.5, 0.6) is 0 Å². The summed E-state index contributed by atoms with van der Waals surface area (Å²) in [7, 11) is -4.55. The quantitative estimate of drug-likeness (QED) is 0.741. The molecule has 4 nitrogen and oxygen atoms in total. The number of benzene rings is 1. The summed E-state index contributed by atoms with van der Waals surface area (Å²) in [5.74, 6) is 0. The largest absolute Gasteiger partial charge is 0.401 e. The first-order chi connectivity index (χ1) is 11.0. The molecular weight excluding hydrogens is 369 g/mol. The highest BCUT2D eigenvalue weighted by Crippen LogP contribution is 2.34. The maximum absolute atomic E-state index is 12.6. The molecule has 0 atom stereocenters. The summed E-state index contributed by atoms with van der Waals surface area (Å²) >= 11 is 0. The minimum absolute atomic E-state index is 0.0928. The summed E-state index contributed by atoms with van der Waals surface area (Å²) in [6.07, 6.45) is -4.26. The molecule has 0 bridgehead atoms. The molecule has 0 aromatic heterocycles. The van der Waals surface area contributed by atoms with Crippen molar-refractivity contribution in [1.29, 1.82) is 0 Å². The molecule has 0 saturated heterocycles. The Morgan fingerprint density at radius 1 is 1.08 bits per heavy atom. The van der Waals surface area contributed by atoms with Gasteiger partial charge in [-0.1, -0.05) is 46.0 Å². The third-order valence-corrected chi connectivity index (χ3v) is 12.2. The summed E-state index contributed by atoms with van der Waals surface area (Å²) in [6.45, 7) is 8.98. The van der Waals surface area contributed by atoms with Crippen molar-refractivity contribution in [3.05, 3.63) is 29.8 Å². The van der Waals surface area contributed by atoms with Gasteiger partial charge in [-0.25, -0.2) is 12.8 Å². The van der Waals surface area contributed by atoms with Gasteiger partial charge in [0.2, 0.25) is 10.0 Å². The van der Waals surface area contributed by atoms with Gasteiger partial charge in [0.1, 0.15) is 8.24 Å². The lowest BCUT2D eigenvalue weighted by Crippen LogP contribution is -2.54. The van der Waals surface area contributed by atoms with Crippen LogP contribution in [0.25, 0.3) is 0 Å². The molecule has 0 unspecified atom stereocenters. The molecular formula is C16H27F3N2O2SSi. The molecule has 0 spiro atoms. The molecule has 0 aliphatic rings. The number of rotatable bonds is 6. The Kier molecular flexibility index (Phi) is 6.53. The molecule has 1 N–H and O–H groups in total. The normalized spacial score (nSPS) is 14.2. The molecule has 0 amide bonds. The second-order valence-corrected chi connectivity index (χ2v) is 15.0. The zero-order valence-corrected chi connectivity index (χ0v) is 17.3. The summed E-state index contributed by atoms with van der Waals surface area (Å²) in [6, 6.07) is 5.97. The van der Waals surface area contributed by atoms with Crippen molar-refractivity contribution in [3.8, 4) is 0 Å². The number of hydrogen-bond donors (Lipinski definition) is 1. The van der Waals surface area contributed by atoms with Gasteiger partial charge in [-0.3, -0.25) is 4.90 Å². The third-order valence-electron chi connectivity index (χ3n) is 4.40. The lowest BCUT2D eigenvalue weighted by molar-refractivity contribution is -0.144. The second-order valence-electron chi connectivity index (χ2n) is 7.91. The minimum Gasteiger partial charge on any atom is -0.294 e. The molecule has 0 aliphatic heterocycles. The predicted molar refractivity (Wildman–Crippen MR) is 96.3 cm³/mol. The van der Waals surface area contributed by atoms with E-state index < -0.39 is 31.0 Å². The van der Waals surface area contributed by atoms with Crippen molar-refractivity contribution in [2.24, 2.45) is 0 Å². The van der Waals surface area contributed by atoms with E-state index in [0.29, 0.717) is 5.56 Å². The molecule has 0 fully saturated rings. The fourth-order valence-corrected chi connectivity index (χ4v) is 6.87. The van der Waals surface area contributed by atoms with E-state index >= 15 is 0 Å². The van der Waals surface area contributed by atoms with Crippen LogP contribution < -0.4 is 4.39 Å². The van der Waals surface area contributed by atoms with E-state index in [1.807, 2.05) is 33.9 Å². The predicted octanol–water partition coefficient (Wildman–Crippen LogP) is 3.96. The molecule has 1 aromatic carbocycles. The average molecular weight is 397 g/mol. The van der Waals surface area contributed by atoms with Gasteiger partial charge in [-0.2, -0.15) is 13.2 Å². The highest BCUT2D eigenvalue weighted by atomic mass is 32.2. The van der Waals surface area contributed by atoms with Crippen LogP contribution >= 0.6 is 0 Å². The number of nitrogens with one attached hydrogen (secondary N) is 1. The van der Waals surface area contributed by atoms with Crippen molar-refractivity contribution in [3.63, 3.8) is 0 Å². The van der Waals surface area contributed by atoms with Crippen LogP contribution in [0.15, 0.2) is 29.2 Å². The molecule has 0 aliphatic carbocycles. The first-order valence-corrected chi connectivity index (χ1v) is 12.4. The van der Waals surface area contributed by atoms with E-state index in [4.69, 9.17) is 0 Å². The zero-order valence-electron chi connectivity index (χ0n) is 15.5. The number of alkyl halides is 3. The molecule has 0 heterocycles. The monoisotopic (exact) mass is 396 g/mol. The van der Waals surface area contributed by atoms with Gasteiger partial charge in [0.25, 0.3) is 0 Å². The molecule has 9 heteroatoms. The van der Waals surface area contributed by atoms with E-state index in [1.165, 1.54) is 19.2 Å². The van der Waals surface area contributed by atoms with Gasteiger partial charge in [0.05, 0.1) is 11.4 Å². The molecule has 0 radical (unpaired) electrons. The van der Waals surface area contributed by atoms with Crippen LogP contribution in [0.4, 0.5) is 13.2 Å². The standard InChI is InChI=1S/C16H27F3N2O2SSi/c1-15(2,3)25(5,6)20-24(22,23)14-9-7-13(8-10-14)11-21(4)12-16(17,18)19/h7-10,20H,11-12H2,1-6H3. The van der Waals surface area contributed by atoms with E-state index in [0.717, 1.165) is 4.90 Å². The number of hydrogen-bond acceptors (Lipinski definition) is 3. The van der Waals surface area contributed by atoms with Gasteiger partial charge in [0.15, 0.2) is 0 Å². The fraction of sp³-hybridized carbons (Fsp3) is 0.625. The Morgan fingerprint density at radius 2 is 1.56 bits per heavy atom. The van der Waals surface area contributed by atoms with Crippen LogP contribution in [0.2, 0.25) is 18.1 Å². The van der Waals surface area contributed by atoms with Gasteiger partial charge in [0, 0.05) is 6.54 Å². The molecule has 144 valence electrons. The zero-order chi connectivity index (χ0) is 19.7. The fourth-order valence-electron chi connectivity index (χ4n) is 2.00. The smallest absolute Gasteiger partial charge is 0.294 e. The Hall–Kier alpha value is -0.903. The maximum atomic E-state index is 12.6. The topological polar surface area (TPSA) is 49.4 Å². The Balaban J connectivity index is 2.88. The summed E-state index contributed by atoms with van der Waals surface area (Å²) < 4.78 is 65.1. The SMILES string of the molecule is CN(Cc1ccc(S(=O)(=O)N[Si](C)(C)C(C)(C)C)cc1)CC(F)(F)F. The van der Waals surface area contributed by atoms with Gasteiger partial charge >= 0.3 is 6.18 Å². The lowest BCUT2D eigenvalue weighted by Gasteiger charge is -2.36. The van der Waals surface area contributed by atoms with Crippen LogP contribution in [0.3, 0.4) is 0 Å². The van der Waals surface area contributed by atoms with Gasteiger partial charge in [-0.05, 0) is 29.8 Å². The maximum Gasteiger partial charge on any atom is 0.401 e. The second kappa shape index (κ2) is 7.38. The van der Waals surface area contributed by atoms with Gasteiger partial charge < -0.3 is 0 Å². The van der Waals surface area contributed by atoms with Gasteiger partial charge in [-0.15, -0.1) is 0 Å². The van der Waals surface area contributed by atoms with Crippen LogP contribution in [0, 0.1) is 0 Å². The minimum atomic E-state index is -4.26. The molecule has 0 saturated carbocycles. The highest BCUT2D eigenvalue weighted by Gasteiger charge is 2.39. The molecule has 1 aromatic rings. The summed E-state index contributed by atoms with van der Waals surface area (Å²) in [5.41, 5.74) is 0.623. The number of nitrogens with zero attached hydrogens (tertiary/aromatic N) is 1. The Bertz CT molecular complexity index is 681. The number of sulfonamides is 1. The van der Waals surface area contributed by atoms with Crippen LogP contribution in [-0.2, 0) is 16.6 Å². The Morgan fingerprint density at radius 3 is 1.96 bits per heavy atom. The van der Waals surface area contributed by atoms with E-state index in [-0.39, 0.29) is 16.5 Å². The van der Waals surface area contributed by atoms with Crippen LogP contribution in [-0.4, -0.2) is 41.3 Å². The van der Waals surface area contributed by atoms with Crippen molar-refractivity contribution < 1.29 is 21.6 Å². The van der Waals surface area contributed by atoms with Crippen molar-refractivity contribution in [2.45, 2.75) is 56.5 Å². The summed E-state index contributed by atoms with van der Waals surface area (Å²) in [4.78, 5) is 1.26. The lowest BCUT2D eigenvalue weighted by atomic mass is 10.2. The van der Waals surface area contributed by atoms with Crippen molar-refractivity contribution in [1.82, 2.24) is 9.29 Å². The first kappa shape index (κ1) is 22.1. The van der Waals surface area contributed by atoms with Crippen molar-refractivity contribution >= 4 is 18.3 Å². The van der Waals surface area contributed by atoms with E-state index in [9.17, 15) is 21.6 Å². The highest BCUT2D eigenvalue weighted by molar-refractivity contribution is 7.91. The summed E-state index contributed by atoms with van der Waals surface area (Å²) in [5, 5.41) is -0.152. The van der Waals surface area contributed by atoms with Crippen molar-refractivity contribution in [2.75, 3.05) is 13.6 Å². The molecule has 25 heavy (non-hydrogen) atoms. The third kappa shape index (κ3) is 6.73. The number of halogens is 3. The molecule has 1 rings (SSSR count). The van der Waals surface area contributed by atoms with Crippen LogP contribution in [0.1, 0.15) is 26.3 Å².